The van der Waals surface area contributed by atoms with Crippen molar-refractivity contribution < 1.29 is 24.2 Å². The minimum absolute atomic E-state index is 0.0626. The van der Waals surface area contributed by atoms with Crippen LogP contribution in [-0.2, 0) is 19.1 Å². The number of aliphatic hydroxyl groups excluding tert-OH is 1. The maximum Gasteiger partial charge on any atom is 0.310 e. The molecule has 2 amide bonds. The number of carbonyl (C=O) groups is 3. The average molecular weight is 628 g/mol. The summed E-state index contributed by atoms with van der Waals surface area (Å²) in [6.07, 6.45) is 2.90. The van der Waals surface area contributed by atoms with Gasteiger partial charge in [-0.25, -0.2) is 0 Å². The van der Waals surface area contributed by atoms with Crippen molar-refractivity contribution in [1.82, 2.24) is 4.90 Å². The molecule has 0 saturated carbocycles. The number of fused-ring (bicyclic) bond motifs is 1. The van der Waals surface area contributed by atoms with Gasteiger partial charge in [-0.3, -0.25) is 14.4 Å². The van der Waals surface area contributed by atoms with E-state index in [1.54, 1.807) is 40.6 Å². The number of likely N-dealkylation sites (tertiary alicyclic amines) is 1. The summed E-state index contributed by atoms with van der Waals surface area (Å²) in [5, 5.41) is 10.8. The topological polar surface area (TPSA) is 87.2 Å². The predicted octanol–water partition coefficient (Wildman–Crippen LogP) is 4.60. The van der Waals surface area contributed by atoms with Crippen molar-refractivity contribution in [2.24, 2.45) is 17.8 Å². The average Bonchev–Trinajstić information content (AvgIpc) is 3.47. The summed E-state index contributed by atoms with van der Waals surface area (Å²) in [5.74, 6) is -2.39. The van der Waals surface area contributed by atoms with Crippen LogP contribution in [-0.4, -0.2) is 74.5 Å². The zero-order valence-corrected chi connectivity index (χ0v) is 25.4. The number of amides is 2. The number of hydrogen-bond acceptors (Lipinski definition) is 6. The maximum absolute atomic E-state index is 14.8. The number of anilines is 1. The van der Waals surface area contributed by atoms with Crippen molar-refractivity contribution in [2.45, 2.75) is 67.4 Å². The van der Waals surface area contributed by atoms with Gasteiger partial charge in [-0.2, -0.15) is 0 Å². The van der Waals surface area contributed by atoms with E-state index < -0.39 is 34.6 Å². The number of aryl methyl sites for hydroxylation is 1. The Bertz CT molecular complexity index is 1100. The smallest absolute Gasteiger partial charge is 0.310 e. The Labute approximate surface area is 242 Å². The van der Waals surface area contributed by atoms with Gasteiger partial charge in [0, 0.05) is 16.6 Å². The van der Waals surface area contributed by atoms with Crippen LogP contribution in [0.2, 0.25) is 5.02 Å². The second kappa shape index (κ2) is 11.5. The molecule has 1 spiro atoms. The summed E-state index contributed by atoms with van der Waals surface area (Å²) in [4.78, 5) is 45.5. The molecule has 0 aromatic heterocycles. The summed E-state index contributed by atoms with van der Waals surface area (Å²) < 4.78 is 4.59. The number of benzene rings is 1. The molecule has 2 bridgehead atoms. The van der Waals surface area contributed by atoms with E-state index >= 15 is 0 Å². The van der Waals surface area contributed by atoms with Gasteiger partial charge in [-0.15, -0.1) is 18.3 Å². The molecule has 3 aliphatic rings. The molecule has 0 aliphatic carbocycles. The second-order valence-corrected chi connectivity index (χ2v) is 13.6. The molecule has 3 fully saturated rings. The van der Waals surface area contributed by atoms with Gasteiger partial charge in [0.25, 0.3) is 5.91 Å². The Morgan fingerprint density at radius 3 is 2.71 bits per heavy atom. The quantitative estimate of drug-likeness (QED) is 0.232. The number of nitrogens with zero attached hydrogens (tertiary/aromatic N) is 2. The SMILES string of the molecule is C=CCN(C(=O)C1N([C@@H](CO)[C@@H](C)CC)C(=O)[C@@H]2[C@@H](C(=O)OCC)[C@@H]3SC12CC3Br)c1c(C)cccc1Cl. The highest BCUT2D eigenvalue weighted by Gasteiger charge is 2.77. The van der Waals surface area contributed by atoms with E-state index in [9.17, 15) is 19.5 Å². The van der Waals surface area contributed by atoms with Crippen LogP contribution in [0.1, 0.15) is 39.2 Å². The molecule has 1 N–H and O–H groups in total. The minimum Gasteiger partial charge on any atom is -0.466 e. The molecular weight excluding hydrogens is 592 g/mol. The fraction of sp³-hybridized carbons (Fsp3) is 0.607. The molecule has 208 valence electrons. The third-order valence-corrected chi connectivity index (χ3v) is 11.9. The molecule has 1 aromatic rings. The number of alkyl halides is 1. The van der Waals surface area contributed by atoms with Crippen LogP contribution >= 0.6 is 39.3 Å². The van der Waals surface area contributed by atoms with E-state index in [4.69, 9.17) is 16.3 Å². The number of ether oxygens (including phenoxy) is 1. The van der Waals surface area contributed by atoms with Gasteiger partial charge in [0.1, 0.15) is 6.04 Å². The highest BCUT2D eigenvalue weighted by molar-refractivity contribution is 9.09. The van der Waals surface area contributed by atoms with Gasteiger partial charge in [-0.05, 0) is 37.8 Å². The molecule has 3 unspecified atom stereocenters. The van der Waals surface area contributed by atoms with Crippen LogP contribution in [0.5, 0.6) is 0 Å². The van der Waals surface area contributed by atoms with Gasteiger partial charge in [0.15, 0.2) is 0 Å². The third kappa shape index (κ3) is 4.51. The lowest BCUT2D eigenvalue weighted by atomic mass is 9.71. The first-order chi connectivity index (χ1) is 18.1. The highest BCUT2D eigenvalue weighted by atomic mass is 79.9. The molecule has 0 radical (unpaired) electrons. The van der Waals surface area contributed by atoms with Crippen molar-refractivity contribution in [1.29, 1.82) is 0 Å². The number of esters is 1. The lowest BCUT2D eigenvalue weighted by Gasteiger charge is -2.41. The van der Waals surface area contributed by atoms with E-state index in [-0.39, 0.29) is 47.6 Å². The van der Waals surface area contributed by atoms with Crippen LogP contribution in [0.3, 0.4) is 0 Å². The standard InChI is InChI=1S/C28H36BrClN2O5S/c1-6-12-31(22-16(5)10-9-11-18(22)30)26(35)24-28-13-17(29)23(38-28)20(27(36)37-8-3)21(28)25(34)32(24)19(14-33)15(4)7-2/h6,9-11,15,17,19-21,23-24,33H,1,7-8,12-14H2,2-5H3/t15-,17?,19-,20+,21-,23+,24?,28?/m0/s1. The minimum atomic E-state index is -0.892. The number of halogens is 2. The fourth-order valence-corrected chi connectivity index (χ4v) is 10.5. The molecule has 4 rings (SSSR count). The first kappa shape index (κ1) is 29.4. The van der Waals surface area contributed by atoms with Crippen molar-refractivity contribution in [3.63, 3.8) is 0 Å². The molecule has 7 nitrogen and oxygen atoms in total. The zero-order valence-electron chi connectivity index (χ0n) is 22.2. The normalized spacial score (nSPS) is 31.2. The van der Waals surface area contributed by atoms with Crippen molar-refractivity contribution >= 4 is 62.8 Å². The number of thioether (sulfide) groups is 1. The van der Waals surface area contributed by atoms with Crippen molar-refractivity contribution in [3.8, 4) is 0 Å². The monoisotopic (exact) mass is 626 g/mol. The molecule has 3 saturated heterocycles. The van der Waals surface area contributed by atoms with E-state index in [1.807, 2.05) is 32.9 Å². The zero-order chi connectivity index (χ0) is 27.9. The lowest BCUT2D eigenvalue weighted by molar-refractivity contribution is -0.154. The second-order valence-electron chi connectivity index (χ2n) is 10.4. The predicted molar refractivity (Wildman–Crippen MR) is 155 cm³/mol. The van der Waals surface area contributed by atoms with E-state index in [0.29, 0.717) is 23.6 Å². The van der Waals surface area contributed by atoms with E-state index in [2.05, 4.69) is 22.5 Å². The van der Waals surface area contributed by atoms with Crippen LogP contribution in [0.15, 0.2) is 30.9 Å². The Hall–Kier alpha value is -1.55. The third-order valence-electron chi connectivity index (χ3n) is 8.40. The molecule has 38 heavy (non-hydrogen) atoms. The highest BCUT2D eigenvalue weighted by Crippen LogP contribution is 2.68. The first-order valence-electron chi connectivity index (χ1n) is 13.2. The van der Waals surface area contributed by atoms with Crippen molar-refractivity contribution in [2.75, 3.05) is 24.7 Å². The fourth-order valence-electron chi connectivity index (χ4n) is 6.56. The molecule has 3 heterocycles. The first-order valence-corrected chi connectivity index (χ1v) is 15.4. The van der Waals surface area contributed by atoms with Crippen LogP contribution < -0.4 is 4.90 Å². The van der Waals surface area contributed by atoms with Gasteiger partial charge in [0.2, 0.25) is 5.91 Å². The van der Waals surface area contributed by atoms with Gasteiger partial charge in [0.05, 0.1) is 46.5 Å². The number of para-hydroxylation sites is 1. The van der Waals surface area contributed by atoms with Crippen LogP contribution in [0.25, 0.3) is 0 Å². The summed E-state index contributed by atoms with van der Waals surface area (Å²) in [6.45, 7) is 11.6. The Balaban J connectivity index is 1.90. The van der Waals surface area contributed by atoms with E-state index in [1.165, 1.54) is 0 Å². The van der Waals surface area contributed by atoms with Gasteiger partial charge in [-0.1, -0.05) is 66.0 Å². The summed E-state index contributed by atoms with van der Waals surface area (Å²) in [5.41, 5.74) is 1.40. The molecule has 1 aromatic carbocycles. The molecule has 8 atom stereocenters. The molecule has 10 heteroatoms. The van der Waals surface area contributed by atoms with Crippen LogP contribution in [0, 0.1) is 24.7 Å². The van der Waals surface area contributed by atoms with Crippen molar-refractivity contribution in [3.05, 3.63) is 41.4 Å². The molecule has 3 aliphatic heterocycles. The lowest BCUT2D eigenvalue weighted by Crippen LogP contribution is -2.59. The summed E-state index contributed by atoms with van der Waals surface area (Å²) in [7, 11) is 0. The Morgan fingerprint density at radius 2 is 2.13 bits per heavy atom. The van der Waals surface area contributed by atoms with Crippen LogP contribution in [0.4, 0.5) is 5.69 Å². The number of carbonyl (C=O) groups excluding carboxylic acids is 3. The van der Waals surface area contributed by atoms with E-state index in [0.717, 1.165) is 5.56 Å². The van der Waals surface area contributed by atoms with Gasteiger partial charge >= 0.3 is 5.97 Å². The Kier molecular flexibility index (Phi) is 8.92. The molecular formula is C28H36BrClN2O5S. The summed E-state index contributed by atoms with van der Waals surface area (Å²) >= 11 is 11.9. The number of aliphatic hydroxyl groups is 1. The summed E-state index contributed by atoms with van der Waals surface area (Å²) in [6, 6.07) is 3.99. The number of rotatable bonds is 10. The largest absolute Gasteiger partial charge is 0.466 e. The number of hydrogen-bond donors (Lipinski definition) is 1. The Morgan fingerprint density at radius 1 is 1.42 bits per heavy atom. The van der Waals surface area contributed by atoms with Gasteiger partial charge < -0.3 is 19.6 Å². The maximum atomic E-state index is 14.8.